The third-order valence-electron chi connectivity index (χ3n) is 6.46. The molecule has 2 saturated heterocycles. The van der Waals surface area contributed by atoms with E-state index in [1.807, 2.05) is 19.2 Å². The predicted octanol–water partition coefficient (Wildman–Crippen LogP) is 3.55. The molecule has 2 heterocycles. The Hall–Kier alpha value is -2.36. The highest BCUT2D eigenvalue weighted by Crippen LogP contribution is 2.27. The average Bonchev–Trinajstić information content (AvgIpc) is 3.34. The van der Waals surface area contributed by atoms with Gasteiger partial charge >= 0.3 is 0 Å². The molecule has 33 heavy (non-hydrogen) atoms. The van der Waals surface area contributed by atoms with E-state index in [1.54, 1.807) is 14.2 Å². The second-order valence-electron chi connectivity index (χ2n) is 8.41. The molecule has 180 valence electrons. The molecule has 7 nitrogen and oxygen atoms in total. The van der Waals surface area contributed by atoms with Gasteiger partial charge in [0.05, 0.1) is 14.2 Å². The SMILES string of the molecule is CN=C(NCC1CCN(c2cccc(OC)c2)C1)N1CCN(c2cccc(OC)c2)CC1.I. The molecule has 0 saturated carbocycles. The lowest BCUT2D eigenvalue weighted by Gasteiger charge is -2.38. The Morgan fingerprint density at radius 3 is 2.09 bits per heavy atom. The van der Waals surface area contributed by atoms with Crippen LogP contribution in [0.1, 0.15) is 6.42 Å². The van der Waals surface area contributed by atoms with Crippen molar-refractivity contribution < 1.29 is 9.47 Å². The molecular weight excluding hydrogens is 529 g/mol. The second kappa shape index (κ2) is 12.2. The Morgan fingerprint density at radius 1 is 0.909 bits per heavy atom. The van der Waals surface area contributed by atoms with Gasteiger partial charge in [0.25, 0.3) is 0 Å². The van der Waals surface area contributed by atoms with Gasteiger partial charge in [0.2, 0.25) is 0 Å². The second-order valence-corrected chi connectivity index (χ2v) is 8.41. The van der Waals surface area contributed by atoms with Gasteiger partial charge in [-0.2, -0.15) is 0 Å². The van der Waals surface area contributed by atoms with E-state index < -0.39 is 0 Å². The summed E-state index contributed by atoms with van der Waals surface area (Å²) >= 11 is 0. The summed E-state index contributed by atoms with van der Waals surface area (Å²) in [6.07, 6.45) is 1.19. The molecule has 4 rings (SSSR count). The molecule has 0 aliphatic carbocycles. The average molecular weight is 566 g/mol. The number of nitrogens with zero attached hydrogens (tertiary/aromatic N) is 4. The van der Waals surface area contributed by atoms with Crippen molar-refractivity contribution in [1.82, 2.24) is 10.2 Å². The number of anilines is 2. The first kappa shape index (κ1) is 25.3. The summed E-state index contributed by atoms with van der Waals surface area (Å²) in [5.41, 5.74) is 2.46. The number of hydrogen-bond donors (Lipinski definition) is 1. The maximum Gasteiger partial charge on any atom is 0.193 e. The molecular formula is C25H36IN5O2. The third-order valence-corrected chi connectivity index (χ3v) is 6.46. The van der Waals surface area contributed by atoms with Crippen LogP contribution in [0.25, 0.3) is 0 Å². The summed E-state index contributed by atoms with van der Waals surface area (Å²) in [5.74, 6) is 3.44. The number of rotatable bonds is 6. The van der Waals surface area contributed by atoms with E-state index in [4.69, 9.17) is 9.47 Å². The van der Waals surface area contributed by atoms with Crippen LogP contribution >= 0.6 is 24.0 Å². The van der Waals surface area contributed by atoms with Crippen molar-refractivity contribution in [2.45, 2.75) is 6.42 Å². The molecule has 1 unspecified atom stereocenters. The van der Waals surface area contributed by atoms with E-state index in [0.717, 1.165) is 63.3 Å². The molecule has 0 bridgehead atoms. The van der Waals surface area contributed by atoms with Gasteiger partial charge in [-0.25, -0.2) is 0 Å². The van der Waals surface area contributed by atoms with Crippen molar-refractivity contribution in [2.24, 2.45) is 10.9 Å². The Labute approximate surface area is 214 Å². The minimum atomic E-state index is 0. The van der Waals surface area contributed by atoms with Crippen LogP contribution in [0.2, 0.25) is 0 Å². The normalized spacial score (nSPS) is 18.7. The first-order valence-electron chi connectivity index (χ1n) is 11.4. The monoisotopic (exact) mass is 565 g/mol. The fraction of sp³-hybridized carbons (Fsp3) is 0.480. The third kappa shape index (κ3) is 6.37. The molecule has 0 amide bonds. The van der Waals surface area contributed by atoms with Gasteiger partial charge < -0.3 is 29.5 Å². The minimum Gasteiger partial charge on any atom is -0.497 e. The van der Waals surface area contributed by atoms with E-state index in [1.165, 1.54) is 17.8 Å². The number of piperazine rings is 1. The fourth-order valence-electron chi connectivity index (χ4n) is 4.59. The number of ether oxygens (including phenoxy) is 2. The van der Waals surface area contributed by atoms with Crippen LogP contribution in [0, 0.1) is 5.92 Å². The van der Waals surface area contributed by atoms with Crippen molar-refractivity contribution >= 4 is 41.3 Å². The maximum atomic E-state index is 5.38. The quantitative estimate of drug-likeness (QED) is 0.329. The number of guanidine groups is 1. The highest BCUT2D eigenvalue weighted by atomic mass is 127. The summed E-state index contributed by atoms with van der Waals surface area (Å²) in [6.45, 7) is 6.94. The number of halogens is 1. The Balaban J connectivity index is 0.00000306. The Morgan fingerprint density at radius 2 is 1.52 bits per heavy atom. The molecule has 2 aliphatic heterocycles. The van der Waals surface area contributed by atoms with Gasteiger partial charge in [0.1, 0.15) is 11.5 Å². The fourth-order valence-corrected chi connectivity index (χ4v) is 4.59. The standard InChI is InChI=1S/C25H35N5O2.HI/c1-26-25(29-14-12-28(13-15-29)21-6-4-8-23(16-21)31-2)27-18-20-10-11-30(19-20)22-7-5-9-24(17-22)32-3;/h4-9,16-17,20H,10-15,18-19H2,1-3H3,(H,26,27);1H. The lowest BCUT2D eigenvalue weighted by molar-refractivity contribution is 0.368. The lowest BCUT2D eigenvalue weighted by atomic mass is 10.1. The summed E-state index contributed by atoms with van der Waals surface area (Å²) < 4.78 is 10.8. The van der Waals surface area contributed by atoms with Gasteiger partial charge in [0.15, 0.2) is 5.96 Å². The van der Waals surface area contributed by atoms with E-state index >= 15 is 0 Å². The Kier molecular flexibility index (Phi) is 9.34. The van der Waals surface area contributed by atoms with E-state index in [-0.39, 0.29) is 24.0 Å². The molecule has 2 fully saturated rings. The zero-order valence-electron chi connectivity index (χ0n) is 19.9. The largest absolute Gasteiger partial charge is 0.497 e. The van der Waals surface area contributed by atoms with Crippen LogP contribution in [0.5, 0.6) is 11.5 Å². The molecule has 1 atom stereocenters. The van der Waals surface area contributed by atoms with Crippen LogP contribution in [-0.2, 0) is 0 Å². The smallest absolute Gasteiger partial charge is 0.193 e. The first-order chi connectivity index (χ1) is 15.7. The molecule has 0 spiro atoms. The van der Waals surface area contributed by atoms with Crippen LogP contribution in [0.3, 0.4) is 0 Å². The van der Waals surface area contributed by atoms with Crippen LogP contribution in [0.15, 0.2) is 53.5 Å². The molecule has 8 heteroatoms. The van der Waals surface area contributed by atoms with Gasteiger partial charge in [-0.1, -0.05) is 12.1 Å². The molecule has 0 radical (unpaired) electrons. The van der Waals surface area contributed by atoms with Crippen molar-refractivity contribution in [3.05, 3.63) is 48.5 Å². The number of methoxy groups -OCH3 is 2. The molecule has 2 aromatic carbocycles. The summed E-state index contributed by atoms with van der Waals surface area (Å²) in [5, 5.41) is 3.63. The van der Waals surface area contributed by atoms with Crippen LogP contribution in [0.4, 0.5) is 11.4 Å². The van der Waals surface area contributed by atoms with Crippen molar-refractivity contribution in [2.75, 3.05) is 76.9 Å². The van der Waals surface area contributed by atoms with Crippen molar-refractivity contribution in [1.29, 1.82) is 0 Å². The zero-order chi connectivity index (χ0) is 22.3. The van der Waals surface area contributed by atoms with E-state index in [9.17, 15) is 0 Å². The summed E-state index contributed by atoms with van der Waals surface area (Å²) in [4.78, 5) is 11.8. The predicted molar refractivity (Wildman–Crippen MR) is 147 cm³/mol. The highest BCUT2D eigenvalue weighted by Gasteiger charge is 2.25. The number of aliphatic imine (C=N–C) groups is 1. The first-order valence-corrected chi connectivity index (χ1v) is 11.4. The number of hydrogen-bond acceptors (Lipinski definition) is 5. The minimum absolute atomic E-state index is 0. The summed E-state index contributed by atoms with van der Waals surface area (Å²) in [6, 6.07) is 16.6. The topological polar surface area (TPSA) is 52.6 Å². The zero-order valence-corrected chi connectivity index (χ0v) is 22.2. The van der Waals surface area contributed by atoms with Crippen molar-refractivity contribution in [3.8, 4) is 11.5 Å². The van der Waals surface area contributed by atoms with E-state index in [0.29, 0.717) is 5.92 Å². The van der Waals surface area contributed by atoms with E-state index in [2.05, 4.69) is 61.4 Å². The van der Waals surface area contributed by atoms with Crippen molar-refractivity contribution in [3.63, 3.8) is 0 Å². The van der Waals surface area contributed by atoms with Gasteiger partial charge in [-0.3, -0.25) is 4.99 Å². The summed E-state index contributed by atoms with van der Waals surface area (Å²) in [7, 11) is 5.32. The van der Waals surface area contributed by atoms with Gasteiger partial charge in [-0.05, 0) is 36.6 Å². The highest BCUT2D eigenvalue weighted by molar-refractivity contribution is 14.0. The van der Waals surface area contributed by atoms with Crippen LogP contribution < -0.4 is 24.6 Å². The molecule has 1 N–H and O–H groups in total. The van der Waals surface area contributed by atoms with Gasteiger partial charge in [0, 0.05) is 76.4 Å². The number of nitrogens with one attached hydrogen (secondary N) is 1. The maximum absolute atomic E-state index is 5.38. The van der Waals surface area contributed by atoms with Crippen LogP contribution in [-0.4, -0.2) is 77.9 Å². The molecule has 0 aromatic heterocycles. The van der Waals surface area contributed by atoms with Gasteiger partial charge in [-0.15, -0.1) is 24.0 Å². The Bertz CT molecular complexity index is 917. The molecule has 2 aliphatic rings. The number of benzene rings is 2. The molecule has 2 aromatic rings. The lowest BCUT2D eigenvalue weighted by Crippen LogP contribution is -2.53.